The van der Waals surface area contributed by atoms with Crippen molar-refractivity contribution in [2.75, 3.05) is 11.9 Å². The standard InChI is InChI=1S/C17H23N3O2/c1-10-8-14(10)17(22)19-13-6-4-12(5-7-13)16(21)20-15(9-18)11-2-3-11/h4-7,10-11,14-15H,2-3,8-9,18H2,1H3,(H,19,22)(H,20,21). The third kappa shape index (κ3) is 3.47. The van der Waals surface area contributed by atoms with Crippen molar-refractivity contribution in [2.45, 2.75) is 32.2 Å². The average Bonchev–Trinajstić information content (AvgIpc) is 3.41. The Hall–Kier alpha value is -1.88. The largest absolute Gasteiger partial charge is 0.348 e. The van der Waals surface area contributed by atoms with Crippen LogP contribution in [0.15, 0.2) is 24.3 Å². The lowest BCUT2D eigenvalue weighted by Gasteiger charge is -2.16. The van der Waals surface area contributed by atoms with E-state index in [0.717, 1.165) is 24.9 Å². The smallest absolute Gasteiger partial charge is 0.251 e. The summed E-state index contributed by atoms with van der Waals surface area (Å²) in [6.07, 6.45) is 3.26. The predicted octanol–water partition coefficient (Wildman–Crippen LogP) is 1.75. The molecule has 2 amide bonds. The molecule has 0 aliphatic heterocycles. The summed E-state index contributed by atoms with van der Waals surface area (Å²) in [5, 5.41) is 5.88. The maximum Gasteiger partial charge on any atom is 0.251 e. The van der Waals surface area contributed by atoms with E-state index in [1.165, 1.54) is 0 Å². The highest BCUT2D eigenvalue weighted by molar-refractivity contribution is 5.97. The Kier molecular flexibility index (Phi) is 4.16. The lowest BCUT2D eigenvalue weighted by Crippen LogP contribution is -2.41. The van der Waals surface area contributed by atoms with Crippen molar-refractivity contribution in [3.63, 3.8) is 0 Å². The van der Waals surface area contributed by atoms with Gasteiger partial charge in [0.1, 0.15) is 0 Å². The Bertz CT molecular complexity index is 566. The van der Waals surface area contributed by atoms with Gasteiger partial charge in [0.05, 0.1) is 0 Å². The van der Waals surface area contributed by atoms with Crippen LogP contribution >= 0.6 is 0 Å². The van der Waals surface area contributed by atoms with Gasteiger partial charge in [-0.15, -0.1) is 0 Å². The monoisotopic (exact) mass is 301 g/mol. The molecule has 3 unspecified atom stereocenters. The van der Waals surface area contributed by atoms with E-state index in [1.54, 1.807) is 24.3 Å². The van der Waals surface area contributed by atoms with Crippen molar-refractivity contribution in [3.05, 3.63) is 29.8 Å². The van der Waals surface area contributed by atoms with E-state index < -0.39 is 0 Å². The van der Waals surface area contributed by atoms with Crippen LogP contribution in [0.1, 0.15) is 36.5 Å². The summed E-state index contributed by atoms with van der Waals surface area (Å²) in [4.78, 5) is 24.1. The van der Waals surface area contributed by atoms with E-state index in [1.807, 2.05) is 0 Å². The first-order valence-electron chi connectivity index (χ1n) is 8.00. The van der Waals surface area contributed by atoms with E-state index in [2.05, 4.69) is 17.6 Å². The zero-order chi connectivity index (χ0) is 15.7. The molecule has 5 nitrogen and oxygen atoms in total. The fourth-order valence-electron chi connectivity index (χ4n) is 2.75. The summed E-state index contributed by atoms with van der Waals surface area (Å²) >= 11 is 0. The molecule has 0 saturated heterocycles. The number of benzene rings is 1. The van der Waals surface area contributed by atoms with Gasteiger partial charge in [0.15, 0.2) is 0 Å². The summed E-state index contributed by atoms with van der Waals surface area (Å²) in [5.41, 5.74) is 7.03. The van der Waals surface area contributed by atoms with E-state index in [4.69, 9.17) is 5.73 Å². The van der Waals surface area contributed by atoms with Gasteiger partial charge in [-0.1, -0.05) is 6.92 Å². The van der Waals surface area contributed by atoms with Crippen molar-refractivity contribution < 1.29 is 9.59 Å². The van der Waals surface area contributed by atoms with Crippen molar-refractivity contribution in [1.82, 2.24) is 5.32 Å². The molecule has 2 fully saturated rings. The number of nitrogens with one attached hydrogen (secondary N) is 2. The van der Waals surface area contributed by atoms with Crippen LogP contribution in [0, 0.1) is 17.8 Å². The Balaban J connectivity index is 1.56. The summed E-state index contributed by atoms with van der Waals surface area (Å²) in [6.45, 7) is 2.55. The normalized spacial score (nSPS) is 24.5. The molecular weight excluding hydrogens is 278 g/mol. The SMILES string of the molecule is CC1CC1C(=O)Nc1ccc(C(=O)NC(CN)C2CC2)cc1. The highest BCUT2D eigenvalue weighted by Crippen LogP contribution is 2.38. The maximum absolute atomic E-state index is 12.2. The molecule has 118 valence electrons. The fourth-order valence-corrected chi connectivity index (χ4v) is 2.75. The van der Waals surface area contributed by atoms with Crippen LogP contribution < -0.4 is 16.4 Å². The van der Waals surface area contributed by atoms with Gasteiger partial charge in [0.25, 0.3) is 5.91 Å². The Labute approximate surface area is 130 Å². The second-order valence-corrected chi connectivity index (χ2v) is 6.54. The van der Waals surface area contributed by atoms with Crippen molar-refractivity contribution in [1.29, 1.82) is 0 Å². The zero-order valence-electron chi connectivity index (χ0n) is 12.8. The maximum atomic E-state index is 12.2. The van der Waals surface area contributed by atoms with Crippen molar-refractivity contribution >= 4 is 17.5 Å². The van der Waals surface area contributed by atoms with Crippen molar-refractivity contribution in [2.24, 2.45) is 23.5 Å². The minimum atomic E-state index is -0.101. The molecule has 22 heavy (non-hydrogen) atoms. The minimum Gasteiger partial charge on any atom is -0.348 e. The van der Waals surface area contributed by atoms with Crippen LogP contribution in [0.2, 0.25) is 0 Å². The number of amides is 2. The third-order valence-electron chi connectivity index (χ3n) is 4.62. The number of carbonyl (C=O) groups is 2. The first-order chi connectivity index (χ1) is 10.6. The van der Waals surface area contributed by atoms with Crippen LogP contribution in [-0.4, -0.2) is 24.4 Å². The average molecular weight is 301 g/mol. The number of anilines is 1. The molecule has 2 aliphatic rings. The van der Waals surface area contributed by atoms with Gasteiger partial charge in [-0.2, -0.15) is 0 Å². The molecule has 3 rings (SSSR count). The van der Waals surface area contributed by atoms with Gasteiger partial charge in [-0.3, -0.25) is 9.59 Å². The quantitative estimate of drug-likeness (QED) is 0.748. The summed E-state index contributed by atoms with van der Waals surface area (Å²) in [5.74, 6) is 1.14. The Morgan fingerprint density at radius 1 is 1.27 bits per heavy atom. The lowest BCUT2D eigenvalue weighted by atomic mass is 10.1. The van der Waals surface area contributed by atoms with E-state index >= 15 is 0 Å². The molecular formula is C17H23N3O2. The molecule has 3 atom stereocenters. The topological polar surface area (TPSA) is 84.2 Å². The van der Waals surface area contributed by atoms with Crippen LogP contribution in [-0.2, 0) is 4.79 Å². The Morgan fingerprint density at radius 2 is 1.91 bits per heavy atom. The van der Waals surface area contributed by atoms with Gasteiger partial charge in [-0.05, 0) is 55.4 Å². The van der Waals surface area contributed by atoms with Gasteiger partial charge in [0.2, 0.25) is 5.91 Å². The van der Waals surface area contributed by atoms with Crippen LogP contribution in [0.3, 0.4) is 0 Å². The molecule has 0 heterocycles. The van der Waals surface area contributed by atoms with Crippen molar-refractivity contribution in [3.8, 4) is 0 Å². The third-order valence-corrected chi connectivity index (χ3v) is 4.62. The van der Waals surface area contributed by atoms with Crippen LogP contribution in [0.25, 0.3) is 0 Å². The first kappa shape index (κ1) is 15.0. The molecule has 4 N–H and O–H groups in total. The van der Waals surface area contributed by atoms with Crippen LogP contribution in [0.5, 0.6) is 0 Å². The number of rotatable bonds is 6. The first-order valence-corrected chi connectivity index (χ1v) is 8.00. The molecule has 5 heteroatoms. The fraction of sp³-hybridized carbons (Fsp3) is 0.529. The highest BCUT2D eigenvalue weighted by atomic mass is 16.2. The summed E-state index contributed by atoms with van der Waals surface area (Å²) in [6, 6.07) is 7.09. The minimum absolute atomic E-state index is 0.0710. The van der Waals surface area contributed by atoms with Crippen LogP contribution in [0.4, 0.5) is 5.69 Å². The highest BCUT2D eigenvalue weighted by Gasteiger charge is 2.39. The van der Waals surface area contributed by atoms with E-state index in [0.29, 0.717) is 23.9 Å². The number of hydrogen-bond acceptors (Lipinski definition) is 3. The van der Waals surface area contributed by atoms with E-state index in [-0.39, 0.29) is 23.8 Å². The molecule has 2 aliphatic carbocycles. The molecule has 0 radical (unpaired) electrons. The summed E-state index contributed by atoms with van der Waals surface area (Å²) in [7, 11) is 0. The molecule has 0 spiro atoms. The van der Waals surface area contributed by atoms with Gasteiger partial charge < -0.3 is 16.4 Å². The number of nitrogens with two attached hydrogens (primary N) is 1. The Morgan fingerprint density at radius 3 is 2.41 bits per heavy atom. The molecule has 0 aromatic heterocycles. The van der Waals surface area contributed by atoms with E-state index in [9.17, 15) is 9.59 Å². The second-order valence-electron chi connectivity index (χ2n) is 6.54. The van der Waals surface area contributed by atoms with Gasteiger partial charge in [0, 0.05) is 29.8 Å². The number of hydrogen-bond donors (Lipinski definition) is 3. The molecule has 1 aromatic carbocycles. The van der Waals surface area contributed by atoms with Gasteiger partial charge in [-0.25, -0.2) is 0 Å². The molecule has 2 saturated carbocycles. The predicted molar refractivity (Wildman–Crippen MR) is 85.4 cm³/mol. The molecule has 1 aromatic rings. The summed E-state index contributed by atoms with van der Waals surface area (Å²) < 4.78 is 0. The lowest BCUT2D eigenvalue weighted by molar-refractivity contribution is -0.117. The number of carbonyl (C=O) groups excluding carboxylic acids is 2. The second kappa shape index (κ2) is 6.08. The zero-order valence-corrected chi connectivity index (χ0v) is 12.8. The molecule has 0 bridgehead atoms. The van der Waals surface area contributed by atoms with Gasteiger partial charge >= 0.3 is 0 Å².